The fraction of sp³-hybridized carbons (Fsp3) is 0.750. The molecule has 0 bridgehead atoms. The molecule has 0 spiro atoms. The molecule has 1 saturated heterocycles. The molecule has 1 aliphatic heterocycles. The number of nitrogens with zero attached hydrogens (tertiary/aromatic N) is 2. The smallest absolute Gasteiger partial charge is 0.318 e. The number of hydrogen-bond donors (Lipinski definition) is 1. The molecular formula is C8H13N3O. The number of amides is 2. The molecule has 1 fully saturated rings. The second-order valence-electron chi connectivity index (χ2n) is 2.88. The Labute approximate surface area is 72.2 Å². The lowest BCUT2D eigenvalue weighted by atomic mass is 10.3. The third kappa shape index (κ3) is 2.12. The molecule has 1 aliphatic rings. The van der Waals surface area contributed by atoms with E-state index >= 15 is 0 Å². The van der Waals surface area contributed by atoms with Crippen LogP contribution in [0.25, 0.3) is 0 Å². The Kier molecular flexibility index (Phi) is 2.92. The van der Waals surface area contributed by atoms with Gasteiger partial charge in [-0.1, -0.05) is 13.3 Å². The lowest BCUT2D eigenvalue weighted by molar-refractivity contribution is 0.228. The van der Waals surface area contributed by atoms with Crippen molar-refractivity contribution in [1.82, 2.24) is 10.2 Å². The molecule has 0 aliphatic carbocycles. The number of carbonyl (C=O) groups excluding carboxylic acids is 1. The third-order valence-electron chi connectivity index (χ3n) is 1.83. The molecule has 0 aromatic rings. The van der Waals surface area contributed by atoms with Gasteiger partial charge in [-0.3, -0.25) is 0 Å². The summed E-state index contributed by atoms with van der Waals surface area (Å²) in [5.74, 6) is 0. The first-order valence-corrected chi connectivity index (χ1v) is 4.23. The van der Waals surface area contributed by atoms with E-state index < -0.39 is 0 Å². The van der Waals surface area contributed by atoms with Crippen molar-refractivity contribution in [2.75, 3.05) is 13.1 Å². The standard InChI is InChI=1S/C8H13N3O/c1-2-3-4-10-8(12)11-6-7(11)5-9/h7H,2-4,6H2,1H3,(H,10,12). The number of nitriles is 1. The van der Waals surface area contributed by atoms with Gasteiger partial charge in [0.05, 0.1) is 12.6 Å². The zero-order valence-corrected chi connectivity index (χ0v) is 7.21. The Balaban J connectivity index is 2.11. The van der Waals surface area contributed by atoms with Crippen molar-refractivity contribution in [2.45, 2.75) is 25.8 Å². The van der Waals surface area contributed by atoms with Gasteiger partial charge in [0.2, 0.25) is 0 Å². The van der Waals surface area contributed by atoms with Crippen LogP contribution >= 0.6 is 0 Å². The number of urea groups is 1. The highest BCUT2D eigenvalue weighted by atomic mass is 16.2. The maximum atomic E-state index is 11.1. The summed E-state index contributed by atoms with van der Waals surface area (Å²) in [5.41, 5.74) is 0. The van der Waals surface area contributed by atoms with E-state index in [-0.39, 0.29) is 12.1 Å². The number of rotatable bonds is 3. The minimum Gasteiger partial charge on any atom is -0.338 e. The first-order chi connectivity index (χ1) is 5.79. The third-order valence-corrected chi connectivity index (χ3v) is 1.83. The van der Waals surface area contributed by atoms with Gasteiger partial charge in [0.1, 0.15) is 6.04 Å². The predicted molar refractivity (Wildman–Crippen MR) is 44.4 cm³/mol. The van der Waals surface area contributed by atoms with E-state index in [0.29, 0.717) is 13.1 Å². The molecule has 66 valence electrons. The van der Waals surface area contributed by atoms with Crippen molar-refractivity contribution in [3.63, 3.8) is 0 Å². The second-order valence-corrected chi connectivity index (χ2v) is 2.88. The zero-order valence-electron chi connectivity index (χ0n) is 7.21. The molecule has 4 nitrogen and oxygen atoms in total. The van der Waals surface area contributed by atoms with Crippen LogP contribution in [-0.2, 0) is 0 Å². The van der Waals surface area contributed by atoms with E-state index in [1.807, 2.05) is 6.07 Å². The molecule has 1 unspecified atom stereocenters. The van der Waals surface area contributed by atoms with Crippen molar-refractivity contribution in [1.29, 1.82) is 5.26 Å². The highest BCUT2D eigenvalue weighted by molar-refractivity contribution is 5.77. The normalized spacial score (nSPS) is 20.0. The Hall–Kier alpha value is -1.24. The molecule has 0 saturated carbocycles. The lowest BCUT2D eigenvalue weighted by Crippen LogP contribution is -2.30. The fourth-order valence-corrected chi connectivity index (χ4v) is 0.948. The van der Waals surface area contributed by atoms with Crippen LogP contribution in [0.3, 0.4) is 0 Å². The molecule has 1 heterocycles. The van der Waals surface area contributed by atoms with E-state index in [1.165, 1.54) is 4.90 Å². The van der Waals surface area contributed by atoms with Crippen molar-refractivity contribution >= 4 is 6.03 Å². The molecule has 1 atom stereocenters. The van der Waals surface area contributed by atoms with E-state index in [2.05, 4.69) is 12.2 Å². The zero-order chi connectivity index (χ0) is 8.97. The summed E-state index contributed by atoms with van der Waals surface area (Å²) in [6, 6.07) is 1.75. The number of unbranched alkanes of at least 4 members (excludes halogenated alkanes) is 1. The van der Waals surface area contributed by atoms with Gasteiger partial charge in [0, 0.05) is 6.54 Å². The summed E-state index contributed by atoms with van der Waals surface area (Å²) in [4.78, 5) is 12.6. The van der Waals surface area contributed by atoms with Gasteiger partial charge in [-0.15, -0.1) is 0 Å². The summed E-state index contributed by atoms with van der Waals surface area (Å²) in [6.45, 7) is 3.38. The first-order valence-electron chi connectivity index (χ1n) is 4.23. The monoisotopic (exact) mass is 167 g/mol. The second kappa shape index (κ2) is 3.96. The predicted octanol–water partition coefficient (Wildman–Crippen LogP) is 0.704. The summed E-state index contributed by atoms with van der Waals surface area (Å²) in [7, 11) is 0. The van der Waals surface area contributed by atoms with Gasteiger partial charge in [-0.2, -0.15) is 5.26 Å². The minimum atomic E-state index is -0.174. The van der Waals surface area contributed by atoms with Crippen LogP contribution in [0.5, 0.6) is 0 Å². The molecule has 1 rings (SSSR count). The van der Waals surface area contributed by atoms with Gasteiger partial charge in [-0.25, -0.2) is 4.79 Å². The van der Waals surface area contributed by atoms with Crippen LogP contribution in [0.4, 0.5) is 4.79 Å². The minimum absolute atomic E-state index is 0.102. The molecule has 0 aromatic heterocycles. The molecule has 4 heteroatoms. The van der Waals surface area contributed by atoms with Crippen LogP contribution in [0.15, 0.2) is 0 Å². The van der Waals surface area contributed by atoms with Crippen molar-refractivity contribution in [2.24, 2.45) is 0 Å². The van der Waals surface area contributed by atoms with E-state index in [4.69, 9.17) is 5.26 Å². The summed E-state index contributed by atoms with van der Waals surface area (Å²) in [6.07, 6.45) is 2.07. The number of carbonyl (C=O) groups is 1. The Morgan fingerprint density at radius 2 is 2.58 bits per heavy atom. The molecule has 2 amide bonds. The van der Waals surface area contributed by atoms with Crippen LogP contribution in [0, 0.1) is 11.3 Å². The van der Waals surface area contributed by atoms with Crippen molar-refractivity contribution in [3.8, 4) is 6.07 Å². The lowest BCUT2D eigenvalue weighted by Gasteiger charge is -2.03. The first kappa shape index (κ1) is 8.85. The van der Waals surface area contributed by atoms with Gasteiger partial charge in [0.15, 0.2) is 0 Å². The molecule has 0 radical (unpaired) electrons. The Bertz CT molecular complexity index is 209. The highest BCUT2D eigenvalue weighted by Crippen LogP contribution is 2.15. The van der Waals surface area contributed by atoms with Crippen LogP contribution in [0.2, 0.25) is 0 Å². The van der Waals surface area contributed by atoms with E-state index in [1.54, 1.807) is 0 Å². The van der Waals surface area contributed by atoms with Crippen LogP contribution in [0.1, 0.15) is 19.8 Å². The van der Waals surface area contributed by atoms with Crippen molar-refractivity contribution < 1.29 is 4.79 Å². The molecule has 1 N–H and O–H groups in total. The van der Waals surface area contributed by atoms with Gasteiger partial charge >= 0.3 is 6.03 Å². The average molecular weight is 167 g/mol. The van der Waals surface area contributed by atoms with Gasteiger partial charge < -0.3 is 10.2 Å². The summed E-state index contributed by atoms with van der Waals surface area (Å²) in [5, 5.41) is 11.2. The van der Waals surface area contributed by atoms with E-state index in [9.17, 15) is 4.79 Å². The van der Waals surface area contributed by atoms with Crippen molar-refractivity contribution in [3.05, 3.63) is 0 Å². The largest absolute Gasteiger partial charge is 0.338 e. The average Bonchev–Trinajstić information content (AvgIpc) is 2.83. The van der Waals surface area contributed by atoms with Crippen LogP contribution < -0.4 is 5.32 Å². The van der Waals surface area contributed by atoms with Gasteiger partial charge in [0.25, 0.3) is 0 Å². The van der Waals surface area contributed by atoms with Gasteiger partial charge in [-0.05, 0) is 6.42 Å². The Morgan fingerprint density at radius 1 is 1.83 bits per heavy atom. The molecule has 0 aromatic carbocycles. The molecule has 12 heavy (non-hydrogen) atoms. The highest BCUT2D eigenvalue weighted by Gasteiger charge is 2.38. The van der Waals surface area contributed by atoms with E-state index in [0.717, 1.165) is 12.8 Å². The maximum Gasteiger partial charge on any atom is 0.318 e. The SMILES string of the molecule is CCCCNC(=O)N1CC1C#N. The summed E-state index contributed by atoms with van der Waals surface area (Å²) >= 11 is 0. The fourth-order valence-electron chi connectivity index (χ4n) is 0.948. The molecular weight excluding hydrogens is 154 g/mol. The number of nitrogens with one attached hydrogen (secondary N) is 1. The number of hydrogen-bond acceptors (Lipinski definition) is 2. The summed E-state index contributed by atoms with van der Waals surface area (Å²) < 4.78 is 0. The topological polar surface area (TPSA) is 55.9 Å². The van der Waals surface area contributed by atoms with Crippen LogP contribution in [-0.4, -0.2) is 30.1 Å². The quantitative estimate of drug-likeness (QED) is 0.497. The Morgan fingerprint density at radius 3 is 3.08 bits per heavy atom. The maximum absolute atomic E-state index is 11.1.